The Balaban J connectivity index is 1.33. The van der Waals surface area contributed by atoms with E-state index in [0.717, 1.165) is 31.2 Å². The van der Waals surface area contributed by atoms with Crippen LogP contribution in [0.5, 0.6) is 5.75 Å². The molecule has 0 bridgehead atoms. The van der Waals surface area contributed by atoms with E-state index in [-0.39, 0.29) is 24.0 Å². The Bertz CT molecular complexity index is 1090. The standard InChI is InChI=1S/C22H24F3N5O2/c1-32-18-5-3-2-4-16(18)12-19(31)27-13-14-6-8-15(9-7-14)17-10-11-26-21-28-20(22(23,24)25)29-30(17)21/h2-5,10-11,14-15H,6-9,12-13H2,1H3,(H,27,31). The van der Waals surface area contributed by atoms with E-state index in [4.69, 9.17) is 4.74 Å². The fourth-order valence-electron chi connectivity index (χ4n) is 4.25. The number of amides is 1. The van der Waals surface area contributed by atoms with E-state index in [2.05, 4.69) is 20.4 Å². The molecular formula is C22H24F3N5O2. The molecular weight excluding hydrogens is 423 g/mol. The van der Waals surface area contributed by atoms with Gasteiger partial charge in [0.15, 0.2) is 0 Å². The number of hydrogen-bond donors (Lipinski definition) is 1. The van der Waals surface area contributed by atoms with Crippen molar-refractivity contribution in [3.63, 3.8) is 0 Å². The quantitative estimate of drug-likeness (QED) is 0.622. The summed E-state index contributed by atoms with van der Waals surface area (Å²) < 4.78 is 45.4. The number of hydrogen-bond acceptors (Lipinski definition) is 5. The van der Waals surface area contributed by atoms with Crippen molar-refractivity contribution < 1.29 is 22.7 Å². The molecule has 1 fully saturated rings. The van der Waals surface area contributed by atoms with Gasteiger partial charge in [-0.25, -0.2) is 9.50 Å². The maximum atomic E-state index is 13.0. The predicted molar refractivity (Wildman–Crippen MR) is 110 cm³/mol. The van der Waals surface area contributed by atoms with Crippen molar-refractivity contribution >= 4 is 11.7 Å². The van der Waals surface area contributed by atoms with Crippen molar-refractivity contribution in [1.29, 1.82) is 0 Å². The molecule has 1 aliphatic carbocycles. The number of carbonyl (C=O) groups excluding carboxylic acids is 1. The van der Waals surface area contributed by atoms with E-state index in [1.807, 2.05) is 24.3 Å². The Morgan fingerprint density at radius 1 is 1.19 bits per heavy atom. The first kappa shape index (κ1) is 22.0. The molecule has 0 spiro atoms. The third-order valence-corrected chi connectivity index (χ3v) is 5.92. The molecule has 2 heterocycles. The molecule has 1 aliphatic rings. The maximum absolute atomic E-state index is 13.0. The van der Waals surface area contributed by atoms with Crippen molar-refractivity contribution in [2.45, 2.75) is 44.2 Å². The summed E-state index contributed by atoms with van der Waals surface area (Å²) in [6.07, 6.45) is 0.450. The van der Waals surface area contributed by atoms with Gasteiger partial charge in [-0.2, -0.15) is 18.2 Å². The van der Waals surface area contributed by atoms with Gasteiger partial charge in [-0.3, -0.25) is 4.79 Å². The normalized spacial score (nSPS) is 19.1. The number of ether oxygens (including phenoxy) is 1. The molecule has 1 aromatic carbocycles. The number of fused-ring (bicyclic) bond motifs is 1. The molecule has 10 heteroatoms. The van der Waals surface area contributed by atoms with Gasteiger partial charge in [-0.15, -0.1) is 5.10 Å². The summed E-state index contributed by atoms with van der Waals surface area (Å²) in [4.78, 5) is 19.8. The molecule has 1 N–H and O–H groups in total. The monoisotopic (exact) mass is 447 g/mol. The van der Waals surface area contributed by atoms with Crippen molar-refractivity contribution in [3.8, 4) is 5.75 Å². The number of benzene rings is 1. The molecule has 0 saturated heterocycles. The molecule has 0 radical (unpaired) electrons. The van der Waals surface area contributed by atoms with E-state index in [9.17, 15) is 18.0 Å². The topological polar surface area (TPSA) is 81.4 Å². The number of rotatable bonds is 6. The van der Waals surface area contributed by atoms with E-state index >= 15 is 0 Å². The van der Waals surface area contributed by atoms with Crippen molar-refractivity contribution in [1.82, 2.24) is 24.9 Å². The third-order valence-electron chi connectivity index (χ3n) is 5.92. The summed E-state index contributed by atoms with van der Waals surface area (Å²) in [5, 5.41) is 6.64. The zero-order valence-corrected chi connectivity index (χ0v) is 17.6. The number of aromatic nitrogens is 4. The van der Waals surface area contributed by atoms with E-state index in [1.54, 1.807) is 13.2 Å². The van der Waals surface area contributed by atoms with Gasteiger partial charge in [0.1, 0.15) is 5.75 Å². The van der Waals surface area contributed by atoms with Gasteiger partial charge in [0.05, 0.1) is 19.2 Å². The Kier molecular flexibility index (Phi) is 6.29. The van der Waals surface area contributed by atoms with Crippen molar-refractivity contribution in [2.75, 3.05) is 13.7 Å². The van der Waals surface area contributed by atoms with Crippen LogP contribution in [0, 0.1) is 5.92 Å². The first-order valence-electron chi connectivity index (χ1n) is 10.5. The fourth-order valence-corrected chi connectivity index (χ4v) is 4.25. The van der Waals surface area contributed by atoms with Crippen LogP contribution < -0.4 is 10.1 Å². The number of methoxy groups -OCH3 is 1. The zero-order chi connectivity index (χ0) is 22.7. The number of nitrogens with one attached hydrogen (secondary N) is 1. The molecule has 2 aromatic heterocycles. The molecule has 0 aliphatic heterocycles. The third kappa shape index (κ3) is 4.84. The minimum absolute atomic E-state index is 0.0412. The number of alkyl halides is 3. The van der Waals surface area contributed by atoms with Crippen LogP contribution in [0.3, 0.4) is 0 Å². The molecule has 32 heavy (non-hydrogen) atoms. The molecule has 1 amide bonds. The maximum Gasteiger partial charge on any atom is 0.453 e. The lowest BCUT2D eigenvalue weighted by Gasteiger charge is -2.28. The van der Waals surface area contributed by atoms with Gasteiger partial charge < -0.3 is 10.1 Å². The molecule has 170 valence electrons. The van der Waals surface area contributed by atoms with Crippen LogP contribution in [-0.4, -0.2) is 39.1 Å². The lowest BCUT2D eigenvalue weighted by molar-refractivity contribution is -0.144. The Morgan fingerprint density at radius 2 is 1.94 bits per heavy atom. The summed E-state index contributed by atoms with van der Waals surface area (Å²) in [6, 6.07) is 9.13. The highest BCUT2D eigenvalue weighted by molar-refractivity contribution is 5.79. The van der Waals surface area contributed by atoms with Crippen LogP contribution in [0.1, 0.15) is 48.7 Å². The summed E-state index contributed by atoms with van der Waals surface area (Å²) in [5.74, 6) is -0.191. The summed E-state index contributed by atoms with van der Waals surface area (Å²) in [6.45, 7) is 0.577. The van der Waals surface area contributed by atoms with Crippen molar-refractivity contribution in [2.24, 2.45) is 5.92 Å². The molecule has 3 aromatic rings. The zero-order valence-electron chi connectivity index (χ0n) is 17.6. The Hall–Kier alpha value is -3.17. The SMILES string of the molecule is COc1ccccc1CC(=O)NCC1CCC(c2ccnc3nc(C(F)(F)F)nn23)CC1. The predicted octanol–water partition coefficient (Wildman–Crippen LogP) is 3.78. The second-order valence-corrected chi connectivity index (χ2v) is 8.03. The van der Waals surface area contributed by atoms with Crippen LogP contribution in [0.4, 0.5) is 13.2 Å². The van der Waals surface area contributed by atoms with E-state index < -0.39 is 12.0 Å². The highest BCUT2D eigenvalue weighted by atomic mass is 19.4. The molecule has 0 atom stereocenters. The summed E-state index contributed by atoms with van der Waals surface area (Å²) in [7, 11) is 1.58. The highest BCUT2D eigenvalue weighted by Crippen LogP contribution is 2.36. The van der Waals surface area contributed by atoms with Crippen LogP contribution >= 0.6 is 0 Å². The number of nitrogens with zero attached hydrogens (tertiary/aromatic N) is 4. The molecule has 0 unspecified atom stereocenters. The van der Waals surface area contributed by atoms with Crippen molar-refractivity contribution in [3.05, 3.63) is 53.6 Å². The average Bonchev–Trinajstić information content (AvgIpc) is 3.24. The summed E-state index contributed by atoms with van der Waals surface area (Å²) in [5.41, 5.74) is 1.53. The van der Waals surface area contributed by atoms with Gasteiger partial charge in [-0.05, 0) is 43.7 Å². The second kappa shape index (κ2) is 9.13. The van der Waals surface area contributed by atoms with Gasteiger partial charge in [0, 0.05) is 24.2 Å². The van der Waals surface area contributed by atoms with Gasteiger partial charge in [-0.1, -0.05) is 18.2 Å². The minimum atomic E-state index is -4.61. The fraction of sp³-hybridized carbons (Fsp3) is 0.455. The van der Waals surface area contributed by atoms with Crippen LogP contribution in [0.2, 0.25) is 0 Å². The van der Waals surface area contributed by atoms with Crippen LogP contribution in [0.15, 0.2) is 36.5 Å². The number of halogens is 3. The minimum Gasteiger partial charge on any atom is -0.496 e. The lowest BCUT2D eigenvalue weighted by Crippen LogP contribution is -2.32. The average molecular weight is 447 g/mol. The van der Waals surface area contributed by atoms with Crippen LogP contribution in [0.25, 0.3) is 5.78 Å². The Labute approximate surface area is 183 Å². The smallest absolute Gasteiger partial charge is 0.453 e. The summed E-state index contributed by atoms with van der Waals surface area (Å²) >= 11 is 0. The molecule has 4 rings (SSSR count). The Morgan fingerprint density at radius 3 is 2.66 bits per heavy atom. The van der Waals surface area contributed by atoms with E-state index in [1.165, 1.54) is 10.7 Å². The number of para-hydroxylation sites is 1. The first-order chi connectivity index (χ1) is 15.3. The highest BCUT2D eigenvalue weighted by Gasteiger charge is 2.37. The first-order valence-corrected chi connectivity index (χ1v) is 10.5. The molecule has 1 saturated carbocycles. The number of carbonyl (C=O) groups is 1. The van der Waals surface area contributed by atoms with Gasteiger partial charge in [0.25, 0.3) is 11.6 Å². The van der Waals surface area contributed by atoms with E-state index in [0.29, 0.717) is 23.9 Å². The van der Waals surface area contributed by atoms with Gasteiger partial charge in [0.2, 0.25) is 5.91 Å². The second-order valence-electron chi connectivity index (χ2n) is 8.03. The molecule has 7 nitrogen and oxygen atoms in total. The lowest BCUT2D eigenvalue weighted by atomic mass is 9.80. The van der Waals surface area contributed by atoms with Gasteiger partial charge >= 0.3 is 6.18 Å². The van der Waals surface area contributed by atoms with Crippen LogP contribution in [-0.2, 0) is 17.4 Å². The largest absolute Gasteiger partial charge is 0.496 e.